The first-order chi connectivity index (χ1) is 8.11. The van der Waals surface area contributed by atoms with Crippen molar-refractivity contribution < 1.29 is 9.18 Å². The molecule has 3 atom stereocenters. The Kier molecular flexibility index (Phi) is 5.11. The van der Waals surface area contributed by atoms with Gasteiger partial charge in [-0.05, 0) is 37.0 Å². The van der Waals surface area contributed by atoms with E-state index in [4.69, 9.17) is 5.73 Å². The van der Waals surface area contributed by atoms with Crippen LogP contribution in [-0.2, 0) is 4.79 Å². The molecule has 100 valence electrons. The number of benzene rings is 1. The van der Waals surface area contributed by atoms with Crippen LogP contribution < -0.4 is 11.1 Å². The molecular weight excluding hydrogens is 255 g/mol. The molecular formula is C13H18ClFN2O. The molecule has 1 fully saturated rings. The Labute approximate surface area is 112 Å². The average Bonchev–Trinajstić information content (AvgIpc) is 3.10. The lowest BCUT2D eigenvalue weighted by Crippen LogP contribution is -2.38. The third-order valence-electron chi connectivity index (χ3n) is 3.17. The molecule has 1 saturated carbocycles. The molecule has 0 spiro atoms. The average molecular weight is 273 g/mol. The van der Waals surface area contributed by atoms with Crippen molar-refractivity contribution in [1.29, 1.82) is 0 Å². The van der Waals surface area contributed by atoms with Gasteiger partial charge in [0, 0.05) is 18.5 Å². The van der Waals surface area contributed by atoms with Crippen LogP contribution in [0.5, 0.6) is 0 Å². The van der Waals surface area contributed by atoms with Crippen molar-refractivity contribution in [3.63, 3.8) is 0 Å². The van der Waals surface area contributed by atoms with Crippen LogP contribution in [0.2, 0.25) is 0 Å². The number of halogens is 2. The van der Waals surface area contributed by atoms with Gasteiger partial charge in [0.05, 0.1) is 0 Å². The Balaban J connectivity index is 0.00000162. The summed E-state index contributed by atoms with van der Waals surface area (Å²) >= 11 is 0. The van der Waals surface area contributed by atoms with E-state index in [9.17, 15) is 9.18 Å². The van der Waals surface area contributed by atoms with Crippen molar-refractivity contribution in [3.05, 3.63) is 35.6 Å². The van der Waals surface area contributed by atoms with E-state index in [-0.39, 0.29) is 42.0 Å². The topological polar surface area (TPSA) is 55.1 Å². The number of carbonyl (C=O) groups excluding carboxylic acids is 1. The summed E-state index contributed by atoms with van der Waals surface area (Å²) in [5.41, 5.74) is 6.48. The quantitative estimate of drug-likeness (QED) is 0.878. The van der Waals surface area contributed by atoms with Crippen LogP contribution in [0.15, 0.2) is 24.3 Å². The second-order valence-corrected chi connectivity index (χ2v) is 4.65. The molecule has 1 aliphatic rings. The van der Waals surface area contributed by atoms with E-state index >= 15 is 0 Å². The zero-order valence-corrected chi connectivity index (χ0v) is 11.0. The largest absolute Gasteiger partial charge is 0.352 e. The molecule has 5 heteroatoms. The van der Waals surface area contributed by atoms with Gasteiger partial charge in [-0.1, -0.05) is 12.1 Å². The second-order valence-electron chi connectivity index (χ2n) is 4.65. The summed E-state index contributed by atoms with van der Waals surface area (Å²) in [7, 11) is 0. The fourth-order valence-electron chi connectivity index (χ4n) is 1.97. The Bertz CT molecular complexity index is 410. The summed E-state index contributed by atoms with van der Waals surface area (Å²) in [5, 5.41) is 2.86. The van der Waals surface area contributed by atoms with E-state index in [1.165, 1.54) is 12.1 Å². The molecule has 0 bridgehead atoms. The van der Waals surface area contributed by atoms with Gasteiger partial charge in [0.25, 0.3) is 0 Å². The van der Waals surface area contributed by atoms with Crippen LogP contribution in [-0.4, -0.2) is 18.5 Å². The van der Waals surface area contributed by atoms with Crippen LogP contribution in [0, 0.1) is 11.7 Å². The van der Waals surface area contributed by atoms with E-state index in [2.05, 4.69) is 5.32 Å². The van der Waals surface area contributed by atoms with E-state index < -0.39 is 0 Å². The highest BCUT2D eigenvalue weighted by atomic mass is 35.5. The van der Waals surface area contributed by atoms with Gasteiger partial charge in [-0.25, -0.2) is 4.39 Å². The smallest absolute Gasteiger partial charge is 0.224 e. The van der Waals surface area contributed by atoms with E-state index in [1.54, 1.807) is 12.1 Å². The van der Waals surface area contributed by atoms with E-state index in [0.29, 0.717) is 6.54 Å². The predicted octanol–water partition coefficient (Wildman–Crippen LogP) is 1.81. The third-order valence-corrected chi connectivity index (χ3v) is 3.17. The van der Waals surface area contributed by atoms with Crippen LogP contribution in [0.4, 0.5) is 4.39 Å². The van der Waals surface area contributed by atoms with Crippen LogP contribution in [0.1, 0.15) is 24.8 Å². The lowest BCUT2D eigenvalue weighted by atomic mass is 10.1. The standard InChI is InChI=1S/C13H17FN2O.ClH/c1-8(7-15)16-13(17)12-6-11(12)9-2-4-10(14)5-3-9;/h2-5,8,11-12H,6-7,15H2,1H3,(H,16,17);1H/t8-,11?,12?;/m0./s1. The molecule has 1 aliphatic carbocycles. The molecule has 0 radical (unpaired) electrons. The third kappa shape index (κ3) is 3.43. The number of amides is 1. The molecule has 0 saturated heterocycles. The second kappa shape index (κ2) is 6.16. The summed E-state index contributed by atoms with van der Waals surface area (Å²) in [4.78, 5) is 11.8. The van der Waals surface area contributed by atoms with Crippen LogP contribution >= 0.6 is 12.4 Å². The highest BCUT2D eigenvalue weighted by Gasteiger charge is 2.43. The number of carbonyl (C=O) groups is 1. The van der Waals surface area contributed by atoms with Gasteiger partial charge in [0.1, 0.15) is 5.82 Å². The van der Waals surface area contributed by atoms with Crippen molar-refractivity contribution in [2.24, 2.45) is 11.7 Å². The summed E-state index contributed by atoms with van der Waals surface area (Å²) in [6.45, 7) is 2.33. The fraction of sp³-hybridized carbons (Fsp3) is 0.462. The summed E-state index contributed by atoms with van der Waals surface area (Å²) < 4.78 is 12.8. The molecule has 18 heavy (non-hydrogen) atoms. The Hall–Kier alpha value is -1.13. The van der Waals surface area contributed by atoms with E-state index in [0.717, 1.165) is 12.0 Å². The Morgan fingerprint density at radius 2 is 2.11 bits per heavy atom. The maximum atomic E-state index is 12.8. The molecule has 0 aliphatic heterocycles. The SMILES string of the molecule is C[C@@H](CN)NC(=O)C1CC1c1ccc(F)cc1.Cl. The van der Waals surface area contributed by atoms with Gasteiger partial charge in [0.15, 0.2) is 0 Å². The number of hydrogen-bond donors (Lipinski definition) is 2. The van der Waals surface area contributed by atoms with Gasteiger partial charge < -0.3 is 11.1 Å². The lowest BCUT2D eigenvalue weighted by molar-refractivity contribution is -0.122. The van der Waals surface area contributed by atoms with E-state index in [1.807, 2.05) is 6.92 Å². The van der Waals surface area contributed by atoms with Crippen molar-refractivity contribution >= 4 is 18.3 Å². The molecule has 3 N–H and O–H groups in total. The molecule has 0 aromatic heterocycles. The minimum absolute atomic E-state index is 0. The van der Waals surface area contributed by atoms with Crippen LogP contribution in [0.25, 0.3) is 0 Å². The molecule has 2 unspecified atom stereocenters. The van der Waals surface area contributed by atoms with Crippen molar-refractivity contribution in [2.45, 2.75) is 25.3 Å². The summed E-state index contributed by atoms with van der Waals surface area (Å²) in [6, 6.07) is 6.38. The van der Waals surface area contributed by atoms with Gasteiger partial charge in [-0.15, -0.1) is 12.4 Å². The van der Waals surface area contributed by atoms with Gasteiger partial charge in [-0.3, -0.25) is 4.79 Å². The molecule has 0 heterocycles. The maximum absolute atomic E-state index is 12.8. The minimum atomic E-state index is -0.243. The number of nitrogens with two attached hydrogens (primary N) is 1. The van der Waals surface area contributed by atoms with Crippen molar-refractivity contribution in [2.75, 3.05) is 6.54 Å². The molecule has 3 nitrogen and oxygen atoms in total. The first-order valence-corrected chi connectivity index (χ1v) is 5.87. The summed E-state index contributed by atoms with van der Waals surface area (Å²) in [6.07, 6.45) is 0.842. The van der Waals surface area contributed by atoms with Crippen molar-refractivity contribution in [3.8, 4) is 0 Å². The highest BCUT2D eigenvalue weighted by molar-refractivity contribution is 5.85. The number of hydrogen-bond acceptors (Lipinski definition) is 2. The lowest BCUT2D eigenvalue weighted by Gasteiger charge is -2.10. The first kappa shape index (κ1) is 14.9. The molecule has 2 rings (SSSR count). The zero-order chi connectivity index (χ0) is 12.4. The predicted molar refractivity (Wildman–Crippen MR) is 71.2 cm³/mol. The van der Waals surface area contributed by atoms with Crippen molar-refractivity contribution in [1.82, 2.24) is 5.32 Å². The van der Waals surface area contributed by atoms with Gasteiger partial charge in [0.2, 0.25) is 5.91 Å². The normalized spacial score (nSPS) is 22.8. The molecule has 1 aromatic carbocycles. The Morgan fingerprint density at radius 3 is 2.67 bits per heavy atom. The summed E-state index contributed by atoms with van der Waals surface area (Å²) in [5.74, 6) is 0.0690. The number of nitrogens with one attached hydrogen (secondary N) is 1. The maximum Gasteiger partial charge on any atom is 0.224 e. The highest BCUT2D eigenvalue weighted by Crippen LogP contribution is 2.47. The van der Waals surface area contributed by atoms with Gasteiger partial charge in [-0.2, -0.15) is 0 Å². The molecule has 1 aromatic rings. The monoisotopic (exact) mass is 272 g/mol. The van der Waals surface area contributed by atoms with Crippen LogP contribution in [0.3, 0.4) is 0 Å². The number of rotatable bonds is 4. The molecule has 1 amide bonds. The first-order valence-electron chi connectivity index (χ1n) is 5.87. The zero-order valence-electron chi connectivity index (χ0n) is 10.2. The fourth-order valence-corrected chi connectivity index (χ4v) is 1.97. The van der Waals surface area contributed by atoms with Gasteiger partial charge >= 0.3 is 0 Å². The Morgan fingerprint density at radius 1 is 1.50 bits per heavy atom. The minimum Gasteiger partial charge on any atom is -0.352 e.